The van der Waals surface area contributed by atoms with E-state index >= 15 is 0 Å². The maximum absolute atomic E-state index is 13.6. The predicted molar refractivity (Wildman–Crippen MR) is 138 cm³/mol. The van der Waals surface area contributed by atoms with E-state index < -0.39 is 5.97 Å². The molecule has 1 aromatic carbocycles. The molecule has 2 aromatic heterocycles. The molecule has 184 valence electrons. The molecule has 0 spiro atoms. The third kappa shape index (κ3) is 6.52. The monoisotopic (exact) mass is 514 g/mol. The number of carboxylic acids is 1. The first-order valence-corrected chi connectivity index (χ1v) is 13.0. The van der Waals surface area contributed by atoms with Gasteiger partial charge in [0.1, 0.15) is 16.4 Å². The van der Waals surface area contributed by atoms with E-state index in [0.717, 1.165) is 54.4 Å². The minimum atomic E-state index is -0.774. The summed E-state index contributed by atoms with van der Waals surface area (Å²) in [6.45, 7) is 2.06. The third-order valence-electron chi connectivity index (χ3n) is 6.67. The first-order chi connectivity index (χ1) is 16.9. The Morgan fingerprint density at radius 1 is 1.37 bits per heavy atom. The Labute approximate surface area is 213 Å². The number of likely N-dealkylation sites (tertiary alicyclic amines) is 1. The minimum Gasteiger partial charge on any atom is -0.497 e. The molecule has 5 nitrogen and oxygen atoms in total. The van der Waals surface area contributed by atoms with Crippen LogP contribution in [0.25, 0.3) is 10.9 Å². The van der Waals surface area contributed by atoms with Crippen LogP contribution in [-0.2, 0) is 11.2 Å². The summed E-state index contributed by atoms with van der Waals surface area (Å²) < 4.78 is 18.9. The first-order valence-electron chi connectivity index (χ1n) is 11.7. The van der Waals surface area contributed by atoms with Crippen LogP contribution in [0.15, 0.2) is 35.8 Å². The fraction of sp³-hybridized carbons (Fsp3) is 0.407. The number of benzene rings is 1. The van der Waals surface area contributed by atoms with Gasteiger partial charge in [-0.3, -0.25) is 14.7 Å². The van der Waals surface area contributed by atoms with E-state index in [1.165, 1.54) is 17.4 Å². The van der Waals surface area contributed by atoms with Gasteiger partial charge < -0.3 is 9.84 Å². The highest BCUT2D eigenvalue weighted by atomic mass is 35.5. The van der Waals surface area contributed by atoms with Gasteiger partial charge in [0.15, 0.2) is 0 Å². The topological polar surface area (TPSA) is 62.7 Å². The average Bonchev–Trinajstić information content (AvgIpc) is 3.25. The predicted octanol–water partition coefficient (Wildman–Crippen LogP) is 5.88. The van der Waals surface area contributed by atoms with Gasteiger partial charge in [-0.25, -0.2) is 4.39 Å². The van der Waals surface area contributed by atoms with E-state index in [1.807, 2.05) is 18.2 Å². The summed E-state index contributed by atoms with van der Waals surface area (Å²) in [6, 6.07) is 7.21. The normalized spacial score (nSPS) is 18.3. The van der Waals surface area contributed by atoms with Gasteiger partial charge in [0.2, 0.25) is 0 Å². The second kappa shape index (κ2) is 11.9. The van der Waals surface area contributed by atoms with E-state index in [9.17, 15) is 14.3 Å². The molecule has 2 unspecified atom stereocenters. The molecule has 0 aliphatic carbocycles. The van der Waals surface area contributed by atoms with Crippen LogP contribution in [0.3, 0.4) is 0 Å². The summed E-state index contributed by atoms with van der Waals surface area (Å²) >= 11 is 7.80. The molecule has 0 bridgehead atoms. The molecule has 3 aromatic rings. The van der Waals surface area contributed by atoms with Crippen molar-refractivity contribution < 1.29 is 19.0 Å². The molecule has 0 amide bonds. The lowest BCUT2D eigenvalue weighted by atomic mass is 9.80. The highest BCUT2D eigenvalue weighted by molar-refractivity contribution is 7.10. The fourth-order valence-electron chi connectivity index (χ4n) is 4.87. The maximum atomic E-state index is 13.6. The summed E-state index contributed by atoms with van der Waals surface area (Å²) in [6.07, 6.45) is 5.40. The number of piperidine rings is 1. The lowest BCUT2D eigenvalue weighted by Gasteiger charge is -2.37. The molecule has 3 heterocycles. The number of thiophene rings is 1. The van der Waals surface area contributed by atoms with Gasteiger partial charge in [-0.1, -0.05) is 23.4 Å². The van der Waals surface area contributed by atoms with Crippen molar-refractivity contribution in [3.8, 4) is 17.6 Å². The summed E-state index contributed by atoms with van der Waals surface area (Å²) in [7, 11) is 1.64. The van der Waals surface area contributed by atoms with E-state index in [-0.39, 0.29) is 18.2 Å². The average molecular weight is 515 g/mol. The molecule has 1 fully saturated rings. The van der Waals surface area contributed by atoms with Crippen LogP contribution in [0, 0.1) is 29.5 Å². The van der Waals surface area contributed by atoms with E-state index in [1.54, 1.807) is 18.7 Å². The molecular formula is C27H28ClFN2O3S. The fourth-order valence-corrected chi connectivity index (χ4v) is 5.75. The van der Waals surface area contributed by atoms with Crippen molar-refractivity contribution in [1.29, 1.82) is 0 Å². The number of carboxylic acid groups (broad SMARTS) is 1. The van der Waals surface area contributed by atoms with Crippen LogP contribution >= 0.6 is 22.9 Å². The van der Waals surface area contributed by atoms with Gasteiger partial charge in [0, 0.05) is 24.5 Å². The molecule has 35 heavy (non-hydrogen) atoms. The molecule has 1 saturated heterocycles. The van der Waals surface area contributed by atoms with Gasteiger partial charge in [-0.05, 0) is 79.3 Å². The van der Waals surface area contributed by atoms with Gasteiger partial charge in [-0.15, -0.1) is 11.3 Å². The van der Waals surface area contributed by atoms with E-state index in [2.05, 4.69) is 21.7 Å². The number of pyridine rings is 1. The summed E-state index contributed by atoms with van der Waals surface area (Å²) in [4.78, 5) is 18.6. The molecular weight excluding hydrogens is 487 g/mol. The highest BCUT2D eigenvalue weighted by Gasteiger charge is 2.30. The Balaban J connectivity index is 1.38. The van der Waals surface area contributed by atoms with Crippen molar-refractivity contribution in [3.63, 3.8) is 0 Å². The second-order valence-corrected chi connectivity index (χ2v) is 10.2. The lowest BCUT2D eigenvalue weighted by Crippen LogP contribution is -2.41. The molecule has 1 N–H and O–H groups in total. The molecule has 1 aliphatic rings. The Hall–Kier alpha value is -2.66. The number of hydrogen-bond donors (Lipinski definition) is 1. The van der Waals surface area contributed by atoms with Gasteiger partial charge in [0.25, 0.3) is 0 Å². The van der Waals surface area contributed by atoms with Crippen molar-refractivity contribution >= 4 is 39.8 Å². The number of ether oxygens (including phenoxy) is 1. The van der Waals surface area contributed by atoms with Gasteiger partial charge >= 0.3 is 5.97 Å². The Morgan fingerprint density at radius 3 is 2.97 bits per heavy atom. The lowest BCUT2D eigenvalue weighted by molar-refractivity contribution is -0.139. The van der Waals surface area contributed by atoms with Crippen molar-refractivity contribution in [2.45, 2.75) is 32.1 Å². The number of aliphatic carboxylic acids is 1. The minimum absolute atomic E-state index is 0.0614. The SMILES string of the molecule is COc1ccc2ncc(Cl)c(CCCC3CCN(CC#Cc4sccc4F)CC3CC(=O)O)c2c1. The number of rotatable bonds is 8. The number of halogens is 2. The molecule has 2 atom stereocenters. The van der Waals surface area contributed by atoms with Crippen LogP contribution in [0.2, 0.25) is 5.02 Å². The van der Waals surface area contributed by atoms with E-state index in [0.29, 0.717) is 28.9 Å². The second-order valence-electron chi connectivity index (χ2n) is 8.90. The van der Waals surface area contributed by atoms with Crippen LogP contribution in [0.4, 0.5) is 4.39 Å². The zero-order valence-corrected chi connectivity index (χ0v) is 21.2. The Kier molecular flexibility index (Phi) is 8.61. The standard InChI is InChI=1S/C27H28ClFN2O3S/c1-34-20-7-8-25-22(15-20)21(23(28)16-30-25)5-2-4-18-9-12-31(17-19(18)14-27(32)33)11-3-6-26-24(29)10-13-35-26/h7-8,10,13,15-16,18-19H,2,4-5,9,11-12,14,17H2,1H3,(H,32,33). The number of carbonyl (C=O) groups is 1. The van der Waals surface area contributed by atoms with Crippen molar-refractivity contribution in [2.24, 2.45) is 11.8 Å². The van der Waals surface area contributed by atoms with Crippen LogP contribution in [-0.4, -0.2) is 47.7 Å². The number of fused-ring (bicyclic) bond motifs is 1. The smallest absolute Gasteiger partial charge is 0.303 e. The van der Waals surface area contributed by atoms with Crippen LogP contribution in [0.1, 0.15) is 36.1 Å². The molecule has 1 aliphatic heterocycles. The van der Waals surface area contributed by atoms with Crippen LogP contribution in [0.5, 0.6) is 5.75 Å². The molecule has 0 saturated carbocycles. The summed E-state index contributed by atoms with van der Waals surface area (Å²) in [5.74, 6) is 6.04. The Morgan fingerprint density at radius 2 is 2.23 bits per heavy atom. The first kappa shape index (κ1) is 25.4. The number of hydrogen-bond acceptors (Lipinski definition) is 5. The highest BCUT2D eigenvalue weighted by Crippen LogP contribution is 2.33. The number of aryl methyl sites for hydroxylation is 1. The van der Waals surface area contributed by atoms with Gasteiger partial charge in [-0.2, -0.15) is 0 Å². The molecule has 8 heteroatoms. The third-order valence-corrected chi connectivity index (χ3v) is 7.80. The maximum Gasteiger partial charge on any atom is 0.303 e. The number of nitrogens with zero attached hydrogens (tertiary/aromatic N) is 2. The summed E-state index contributed by atoms with van der Waals surface area (Å²) in [5.41, 5.74) is 1.93. The van der Waals surface area contributed by atoms with Crippen molar-refractivity contribution in [2.75, 3.05) is 26.7 Å². The molecule has 0 radical (unpaired) electrons. The summed E-state index contributed by atoms with van der Waals surface area (Å²) in [5, 5.41) is 12.8. The molecule has 4 rings (SSSR count). The van der Waals surface area contributed by atoms with Gasteiger partial charge in [0.05, 0.1) is 24.2 Å². The quantitative estimate of drug-likeness (QED) is 0.380. The van der Waals surface area contributed by atoms with Crippen molar-refractivity contribution in [1.82, 2.24) is 9.88 Å². The van der Waals surface area contributed by atoms with Crippen molar-refractivity contribution in [3.05, 3.63) is 57.1 Å². The zero-order valence-electron chi connectivity index (χ0n) is 19.6. The Bertz CT molecular complexity index is 1250. The number of methoxy groups -OCH3 is 1. The largest absolute Gasteiger partial charge is 0.497 e. The van der Waals surface area contributed by atoms with E-state index in [4.69, 9.17) is 16.3 Å². The van der Waals surface area contributed by atoms with Crippen LogP contribution < -0.4 is 4.74 Å². The zero-order chi connectivity index (χ0) is 24.8. The number of aromatic nitrogens is 1.